The number of nitro groups is 1. The van der Waals surface area contributed by atoms with Gasteiger partial charge in [0.25, 0.3) is 5.69 Å². The van der Waals surface area contributed by atoms with Crippen LogP contribution in [0.3, 0.4) is 0 Å². The number of halogens is 4. The van der Waals surface area contributed by atoms with Gasteiger partial charge in [-0.2, -0.15) is 13.2 Å². The van der Waals surface area contributed by atoms with E-state index in [0.29, 0.717) is 6.07 Å². The highest BCUT2D eigenvalue weighted by Gasteiger charge is 2.32. The Morgan fingerprint density at radius 2 is 1.93 bits per heavy atom. The minimum atomic E-state index is -4.55. The predicted octanol–water partition coefficient (Wildman–Crippen LogP) is 3.22. The maximum absolute atomic E-state index is 12.1. The van der Waals surface area contributed by atoms with Gasteiger partial charge in [0.15, 0.2) is 0 Å². The average Bonchev–Trinajstić information content (AvgIpc) is 2.02. The van der Waals surface area contributed by atoms with Gasteiger partial charge in [0, 0.05) is 6.07 Å². The second-order valence-corrected chi connectivity index (χ2v) is 3.58. The summed E-state index contributed by atoms with van der Waals surface area (Å²) in [6.45, 7) is 0. The summed E-state index contributed by atoms with van der Waals surface area (Å²) in [6.07, 6.45) is -4.55. The fourth-order valence-corrected chi connectivity index (χ4v) is 1.36. The standard InChI is InChI=1S/C7H3F3INO2/c8-7(9,10)4-1-2-5(11)6(3-4)12(13)14/h1-3H. The molecule has 3 nitrogen and oxygen atoms in total. The van der Waals surface area contributed by atoms with Crippen LogP contribution in [-0.2, 0) is 6.18 Å². The molecule has 0 bridgehead atoms. The smallest absolute Gasteiger partial charge is 0.258 e. The number of hydrogen-bond donors (Lipinski definition) is 0. The summed E-state index contributed by atoms with van der Waals surface area (Å²) in [7, 11) is 0. The minimum absolute atomic E-state index is 0.181. The van der Waals surface area contributed by atoms with Crippen LogP contribution >= 0.6 is 22.6 Å². The topological polar surface area (TPSA) is 43.1 Å². The minimum Gasteiger partial charge on any atom is -0.258 e. The first-order valence-corrected chi connectivity index (χ1v) is 4.41. The van der Waals surface area contributed by atoms with Gasteiger partial charge in [-0.25, -0.2) is 0 Å². The van der Waals surface area contributed by atoms with Gasteiger partial charge < -0.3 is 0 Å². The van der Waals surface area contributed by atoms with Gasteiger partial charge in [-0.05, 0) is 34.7 Å². The van der Waals surface area contributed by atoms with Crippen molar-refractivity contribution in [2.24, 2.45) is 0 Å². The quantitative estimate of drug-likeness (QED) is 0.453. The largest absolute Gasteiger partial charge is 0.416 e. The Bertz CT molecular complexity index is 378. The molecule has 0 saturated carbocycles. The van der Waals surface area contributed by atoms with Crippen molar-refractivity contribution in [1.82, 2.24) is 0 Å². The summed E-state index contributed by atoms with van der Waals surface area (Å²) in [6, 6.07) is 2.41. The van der Waals surface area contributed by atoms with Crippen molar-refractivity contribution in [3.63, 3.8) is 0 Å². The molecule has 7 heteroatoms. The van der Waals surface area contributed by atoms with Crippen molar-refractivity contribution >= 4 is 28.3 Å². The SMILES string of the molecule is O=[N+]([O-])c1cc(C(F)(F)F)ccc1I. The normalized spacial score (nSPS) is 11.4. The van der Waals surface area contributed by atoms with E-state index in [0.717, 1.165) is 12.1 Å². The van der Waals surface area contributed by atoms with Crippen LogP contribution in [0.1, 0.15) is 5.56 Å². The highest BCUT2D eigenvalue weighted by atomic mass is 127. The first-order valence-electron chi connectivity index (χ1n) is 3.33. The van der Waals surface area contributed by atoms with Gasteiger partial charge in [-0.3, -0.25) is 10.1 Å². The zero-order valence-corrected chi connectivity index (χ0v) is 8.67. The van der Waals surface area contributed by atoms with Gasteiger partial charge in [0.2, 0.25) is 0 Å². The molecule has 0 atom stereocenters. The third kappa shape index (κ3) is 2.34. The zero-order chi connectivity index (χ0) is 10.9. The molecule has 76 valence electrons. The predicted molar refractivity (Wildman–Crippen MR) is 50.8 cm³/mol. The van der Waals surface area contributed by atoms with Gasteiger partial charge in [-0.1, -0.05) is 0 Å². The highest BCUT2D eigenvalue weighted by Crippen LogP contribution is 2.33. The lowest BCUT2D eigenvalue weighted by molar-refractivity contribution is -0.386. The van der Waals surface area contributed by atoms with Crippen LogP contribution in [0.4, 0.5) is 18.9 Å². The van der Waals surface area contributed by atoms with Gasteiger partial charge in [0.1, 0.15) is 0 Å². The zero-order valence-electron chi connectivity index (χ0n) is 6.51. The molecule has 0 unspecified atom stereocenters. The van der Waals surface area contributed by atoms with Crippen molar-refractivity contribution < 1.29 is 18.1 Å². The highest BCUT2D eigenvalue weighted by molar-refractivity contribution is 14.1. The Morgan fingerprint density at radius 1 is 1.36 bits per heavy atom. The van der Waals surface area contributed by atoms with E-state index in [1.165, 1.54) is 0 Å². The van der Waals surface area contributed by atoms with Gasteiger partial charge in [-0.15, -0.1) is 0 Å². The second kappa shape index (κ2) is 3.71. The Hall–Kier alpha value is -0.860. The first-order chi connectivity index (χ1) is 6.32. The van der Waals surface area contributed by atoms with E-state index in [2.05, 4.69) is 0 Å². The van der Waals surface area contributed by atoms with Crippen LogP contribution in [-0.4, -0.2) is 4.92 Å². The number of benzene rings is 1. The van der Waals surface area contributed by atoms with Crippen molar-refractivity contribution in [3.05, 3.63) is 37.4 Å². The Balaban J connectivity index is 3.27. The molecule has 1 aromatic carbocycles. The molecule has 0 aliphatic rings. The molecule has 0 radical (unpaired) electrons. The molecule has 0 fully saturated rings. The molecule has 0 aliphatic carbocycles. The molecule has 1 rings (SSSR count). The summed E-state index contributed by atoms with van der Waals surface area (Å²) in [4.78, 5) is 9.50. The van der Waals surface area contributed by atoms with Crippen LogP contribution in [0.2, 0.25) is 0 Å². The lowest BCUT2D eigenvalue weighted by Crippen LogP contribution is -2.06. The molecular weight excluding hydrogens is 314 g/mol. The van der Waals surface area contributed by atoms with Crippen molar-refractivity contribution in [1.29, 1.82) is 0 Å². The number of alkyl halides is 3. The monoisotopic (exact) mass is 317 g/mol. The van der Waals surface area contributed by atoms with Crippen LogP contribution in [0, 0.1) is 13.7 Å². The van der Waals surface area contributed by atoms with E-state index >= 15 is 0 Å². The summed E-state index contributed by atoms with van der Waals surface area (Å²) in [5.74, 6) is 0. The summed E-state index contributed by atoms with van der Waals surface area (Å²) in [5.41, 5.74) is -1.54. The molecule has 0 heterocycles. The fourth-order valence-electron chi connectivity index (χ4n) is 0.829. The number of rotatable bonds is 1. The second-order valence-electron chi connectivity index (χ2n) is 2.42. The molecule has 1 aromatic rings. The summed E-state index contributed by atoms with van der Waals surface area (Å²) in [5, 5.41) is 10.3. The lowest BCUT2D eigenvalue weighted by Gasteiger charge is -2.06. The number of nitro benzene ring substituents is 1. The van der Waals surface area contributed by atoms with Crippen molar-refractivity contribution in [3.8, 4) is 0 Å². The Kier molecular flexibility index (Phi) is 2.98. The molecule has 14 heavy (non-hydrogen) atoms. The molecule has 0 saturated heterocycles. The molecule has 0 N–H and O–H groups in total. The Labute approximate surface area is 90.2 Å². The molecular formula is C7H3F3INO2. The van der Waals surface area contributed by atoms with E-state index in [4.69, 9.17) is 0 Å². The molecule has 0 aromatic heterocycles. The van der Waals surface area contributed by atoms with Crippen LogP contribution in [0.5, 0.6) is 0 Å². The van der Waals surface area contributed by atoms with Crippen LogP contribution < -0.4 is 0 Å². The first kappa shape index (κ1) is 11.2. The van der Waals surface area contributed by atoms with Crippen LogP contribution in [0.25, 0.3) is 0 Å². The van der Waals surface area contributed by atoms with Crippen molar-refractivity contribution in [2.45, 2.75) is 6.18 Å². The maximum Gasteiger partial charge on any atom is 0.416 e. The molecule has 0 spiro atoms. The van der Waals surface area contributed by atoms with Crippen molar-refractivity contribution in [2.75, 3.05) is 0 Å². The third-order valence-electron chi connectivity index (χ3n) is 1.47. The number of nitrogens with zero attached hydrogens (tertiary/aromatic N) is 1. The third-order valence-corrected chi connectivity index (χ3v) is 2.38. The van der Waals surface area contributed by atoms with E-state index < -0.39 is 22.4 Å². The lowest BCUT2D eigenvalue weighted by atomic mass is 10.2. The van der Waals surface area contributed by atoms with Gasteiger partial charge >= 0.3 is 6.18 Å². The summed E-state index contributed by atoms with van der Waals surface area (Å²) >= 11 is 1.61. The Morgan fingerprint density at radius 3 is 2.36 bits per heavy atom. The number of hydrogen-bond acceptors (Lipinski definition) is 2. The summed E-state index contributed by atoms with van der Waals surface area (Å²) < 4.78 is 36.6. The van der Waals surface area contributed by atoms with E-state index in [1.54, 1.807) is 22.6 Å². The molecule has 0 amide bonds. The fraction of sp³-hybridized carbons (Fsp3) is 0.143. The van der Waals surface area contributed by atoms with Gasteiger partial charge in [0.05, 0.1) is 14.1 Å². The van der Waals surface area contributed by atoms with Crippen LogP contribution in [0.15, 0.2) is 18.2 Å². The maximum atomic E-state index is 12.1. The molecule has 0 aliphatic heterocycles. The van der Waals surface area contributed by atoms with E-state index in [9.17, 15) is 23.3 Å². The average molecular weight is 317 g/mol. The van der Waals surface area contributed by atoms with E-state index in [-0.39, 0.29) is 3.57 Å². The van der Waals surface area contributed by atoms with E-state index in [1.807, 2.05) is 0 Å².